The third kappa shape index (κ3) is 2.56. The fourth-order valence-electron chi connectivity index (χ4n) is 4.14. The van der Waals surface area contributed by atoms with Gasteiger partial charge in [-0.3, -0.25) is 10.1 Å². The Balaban J connectivity index is 1.81. The molecule has 2 aromatic carbocycles. The van der Waals surface area contributed by atoms with E-state index in [1.54, 1.807) is 19.2 Å². The quantitative estimate of drug-likeness (QED) is 0.499. The van der Waals surface area contributed by atoms with Crippen LogP contribution in [0.4, 0.5) is 11.4 Å². The lowest BCUT2D eigenvalue weighted by atomic mass is 9.76. The van der Waals surface area contributed by atoms with Gasteiger partial charge >= 0.3 is 0 Å². The third-order valence-corrected chi connectivity index (χ3v) is 5.31. The second kappa shape index (κ2) is 5.92. The fraction of sp³-hybridized carbons (Fsp3) is 0.300. The minimum atomic E-state index is -0.310. The Morgan fingerprint density at radius 1 is 1.28 bits per heavy atom. The molecule has 25 heavy (non-hydrogen) atoms. The van der Waals surface area contributed by atoms with Crippen molar-refractivity contribution < 1.29 is 9.66 Å². The number of fused-ring (bicyclic) bond motifs is 3. The summed E-state index contributed by atoms with van der Waals surface area (Å²) >= 11 is 0. The van der Waals surface area contributed by atoms with Gasteiger partial charge in [0.15, 0.2) is 0 Å². The molecular formula is C20H20N2O3. The van der Waals surface area contributed by atoms with Gasteiger partial charge in [0, 0.05) is 23.7 Å². The first-order valence-electron chi connectivity index (χ1n) is 8.44. The number of hydrogen-bond acceptors (Lipinski definition) is 4. The number of methoxy groups -OCH3 is 1. The standard InChI is InChI=1S/C20H20N2O3/c1-12-9-14(22(23)24)11-18-16-7-4-8-17(16)20(21-19(12)18)13-5-3-6-15(10-13)25-2/h3-7,9-11,16-17,20-21H,8H2,1-2H3. The summed E-state index contributed by atoms with van der Waals surface area (Å²) in [6, 6.07) is 11.7. The molecule has 3 unspecified atom stereocenters. The number of nitro benzene ring substituents is 1. The SMILES string of the molecule is COc1cccc(C2Nc3c(C)cc([N+](=O)[O-])cc3C3C=CCC32)c1. The summed E-state index contributed by atoms with van der Waals surface area (Å²) in [6.45, 7) is 1.93. The Hall–Kier alpha value is -2.82. The Labute approximate surface area is 146 Å². The van der Waals surface area contributed by atoms with E-state index in [4.69, 9.17) is 4.74 Å². The molecule has 0 fully saturated rings. The number of hydrogen-bond donors (Lipinski definition) is 1. The number of nitrogens with one attached hydrogen (secondary N) is 1. The molecule has 1 N–H and O–H groups in total. The summed E-state index contributed by atoms with van der Waals surface area (Å²) in [7, 11) is 1.67. The van der Waals surface area contributed by atoms with Crippen molar-refractivity contribution in [2.45, 2.75) is 25.3 Å². The molecule has 5 nitrogen and oxygen atoms in total. The van der Waals surface area contributed by atoms with Gasteiger partial charge in [-0.25, -0.2) is 0 Å². The van der Waals surface area contributed by atoms with Crippen molar-refractivity contribution in [2.75, 3.05) is 12.4 Å². The first-order chi connectivity index (χ1) is 12.1. The molecule has 3 atom stereocenters. The van der Waals surface area contributed by atoms with E-state index in [1.807, 2.05) is 19.1 Å². The normalized spacial score (nSPS) is 23.5. The van der Waals surface area contributed by atoms with E-state index in [9.17, 15) is 10.1 Å². The van der Waals surface area contributed by atoms with Crippen molar-refractivity contribution in [3.8, 4) is 5.75 Å². The summed E-state index contributed by atoms with van der Waals surface area (Å²) in [4.78, 5) is 10.9. The average molecular weight is 336 g/mol. The van der Waals surface area contributed by atoms with Crippen LogP contribution in [0.2, 0.25) is 0 Å². The highest BCUT2D eigenvalue weighted by atomic mass is 16.6. The van der Waals surface area contributed by atoms with Crippen LogP contribution in [0, 0.1) is 23.0 Å². The summed E-state index contributed by atoms with van der Waals surface area (Å²) in [5.74, 6) is 1.39. The maximum atomic E-state index is 11.2. The Bertz CT molecular complexity index is 875. The summed E-state index contributed by atoms with van der Waals surface area (Å²) < 4.78 is 5.37. The van der Waals surface area contributed by atoms with Crippen LogP contribution in [0.5, 0.6) is 5.75 Å². The van der Waals surface area contributed by atoms with Crippen molar-refractivity contribution in [3.05, 3.63) is 75.4 Å². The van der Waals surface area contributed by atoms with E-state index in [2.05, 4.69) is 29.6 Å². The fourth-order valence-corrected chi connectivity index (χ4v) is 4.14. The van der Waals surface area contributed by atoms with Gasteiger partial charge in [0.1, 0.15) is 5.75 Å². The van der Waals surface area contributed by atoms with Gasteiger partial charge < -0.3 is 10.1 Å². The number of aryl methyl sites for hydroxylation is 1. The van der Waals surface area contributed by atoms with E-state index in [1.165, 1.54) is 5.56 Å². The zero-order valence-corrected chi connectivity index (χ0v) is 14.2. The van der Waals surface area contributed by atoms with Crippen LogP contribution in [0.3, 0.4) is 0 Å². The van der Waals surface area contributed by atoms with Crippen molar-refractivity contribution in [1.82, 2.24) is 0 Å². The second-order valence-corrected chi connectivity index (χ2v) is 6.74. The smallest absolute Gasteiger partial charge is 0.270 e. The molecule has 128 valence electrons. The zero-order valence-electron chi connectivity index (χ0n) is 14.2. The Morgan fingerprint density at radius 3 is 2.88 bits per heavy atom. The largest absolute Gasteiger partial charge is 0.497 e. The minimum Gasteiger partial charge on any atom is -0.497 e. The molecule has 0 aromatic heterocycles. The van der Waals surface area contributed by atoms with Gasteiger partial charge in [-0.2, -0.15) is 0 Å². The lowest BCUT2D eigenvalue weighted by Gasteiger charge is -2.38. The average Bonchev–Trinajstić information content (AvgIpc) is 3.11. The monoisotopic (exact) mass is 336 g/mol. The lowest BCUT2D eigenvalue weighted by molar-refractivity contribution is -0.385. The van der Waals surface area contributed by atoms with E-state index in [0.717, 1.165) is 29.0 Å². The zero-order chi connectivity index (χ0) is 17.6. The maximum absolute atomic E-state index is 11.2. The molecule has 5 heteroatoms. The molecule has 1 aliphatic heterocycles. The van der Waals surface area contributed by atoms with Crippen LogP contribution in [-0.4, -0.2) is 12.0 Å². The maximum Gasteiger partial charge on any atom is 0.270 e. The second-order valence-electron chi connectivity index (χ2n) is 6.74. The number of rotatable bonds is 3. The summed E-state index contributed by atoms with van der Waals surface area (Å²) in [6.07, 6.45) is 5.34. The Morgan fingerprint density at radius 2 is 2.12 bits per heavy atom. The van der Waals surface area contributed by atoms with E-state index in [0.29, 0.717) is 5.92 Å². The van der Waals surface area contributed by atoms with Gasteiger partial charge in [0.2, 0.25) is 0 Å². The first kappa shape index (κ1) is 15.7. The van der Waals surface area contributed by atoms with Crippen molar-refractivity contribution in [3.63, 3.8) is 0 Å². The van der Waals surface area contributed by atoms with E-state index < -0.39 is 0 Å². The van der Waals surface area contributed by atoms with E-state index >= 15 is 0 Å². The summed E-state index contributed by atoms with van der Waals surface area (Å²) in [5, 5.41) is 14.9. The van der Waals surface area contributed by atoms with Gasteiger partial charge in [-0.15, -0.1) is 0 Å². The number of nitrogens with zero attached hydrogens (tertiary/aromatic N) is 1. The molecule has 0 spiro atoms. The van der Waals surface area contributed by atoms with Crippen molar-refractivity contribution >= 4 is 11.4 Å². The molecule has 1 aliphatic carbocycles. The molecule has 0 saturated heterocycles. The summed E-state index contributed by atoms with van der Waals surface area (Å²) in [5.41, 5.74) is 4.31. The number of nitro groups is 1. The molecule has 4 rings (SSSR count). The Kier molecular flexibility index (Phi) is 3.71. The molecule has 2 aromatic rings. The molecule has 0 bridgehead atoms. The van der Waals surface area contributed by atoms with Crippen LogP contribution < -0.4 is 10.1 Å². The van der Waals surface area contributed by atoms with Crippen LogP contribution in [0.15, 0.2) is 48.6 Å². The van der Waals surface area contributed by atoms with Gasteiger partial charge in [0.05, 0.1) is 18.1 Å². The highest BCUT2D eigenvalue weighted by Gasteiger charge is 2.39. The third-order valence-electron chi connectivity index (χ3n) is 5.31. The predicted octanol–water partition coefficient (Wildman–Crippen LogP) is 4.74. The number of allylic oxidation sites excluding steroid dienone is 2. The predicted molar refractivity (Wildman–Crippen MR) is 97.2 cm³/mol. The molecular weight excluding hydrogens is 316 g/mol. The molecule has 2 aliphatic rings. The van der Waals surface area contributed by atoms with Crippen LogP contribution in [0.1, 0.15) is 35.1 Å². The number of anilines is 1. The van der Waals surface area contributed by atoms with E-state index in [-0.39, 0.29) is 22.6 Å². The number of non-ortho nitro benzene ring substituents is 1. The number of benzene rings is 2. The van der Waals surface area contributed by atoms with Gasteiger partial charge in [-0.05, 0) is 48.1 Å². The molecule has 0 radical (unpaired) electrons. The number of ether oxygens (including phenoxy) is 1. The highest BCUT2D eigenvalue weighted by molar-refractivity contribution is 5.67. The molecule has 0 amide bonds. The van der Waals surface area contributed by atoms with Crippen LogP contribution in [-0.2, 0) is 0 Å². The van der Waals surface area contributed by atoms with Crippen molar-refractivity contribution in [1.29, 1.82) is 0 Å². The van der Waals surface area contributed by atoms with Gasteiger partial charge in [0.25, 0.3) is 5.69 Å². The van der Waals surface area contributed by atoms with Gasteiger partial charge in [-0.1, -0.05) is 24.3 Å². The highest BCUT2D eigenvalue weighted by Crippen LogP contribution is 2.51. The minimum absolute atomic E-state index is 0.155. The van der Waals surface area contributed by atoms with Crippen LogP contribution in [0.25, 0.3) is 0 Å². The topological polar surface area (TPSA) is 64.4 Å². The lowest BCUT2D eigenvalue weighted by Crippen LogP contribution is -2.29. The molecule has 0 saturated carbocycles. The molecule has 1 heterocycles. The van der Waals surface area contributed by atoms with Crippen LogP contribution >= 0.6 is 0 Å². The van der Waals surface area contributed by atoms with Crippen molar-refractivity contribution in [2.24, 2.45) is 5.92 Å². The first-order valence-corrected chi connectivity index (χ1v) is 8.44.